The number of H-pyrrole nitrogens is 1. The predicted molar refractivity (Wildman–Crippen MR) is 97.0 cm³/mol. The number of fused-ring (bicyclic) bond motifs is 1. The van der Waals surface area contributed by atoms with Crippen molar-refractivity contribution in [2.75, 3.05) is 6.54 Å². The molecule has 0 bridgehead atoms. The van der Waals surface area contributed by atoms with E-state index in [4.69, 9.17) is 5.73 Å². The highest BCUT2D eigenvalue weighted by Crippen LogP contribution is 2.42. The number of hydrogen-bond acceptors (Lipinski definition) is 4. The molecule has 0 saturated heterocycles. The molecule has 3 N–H and O–H groups in total. The number of thiophene rings is 1. The van der Waals surface area contributed by atoms with Crippen LogP contribution in [-0.4, -0.2) is 15.9 Å². The van der Waals surface area contributed by atoms with Gasteiger partial charge in [-0.1, -0.05) is 0 Å². The average Bonchev–Trinajstić information content (AvgIpc) is 3.29. The lowest BCUT2D eigenvalue weighted by Gasteiger charge is -2.13. The van der Waals surface area contributed by atoms with Gasteiger partial charge in [0.2, 0.25) is 0 Å². The van der Waals surface area contributed by atoms with Crippen LogP contribution in [-0.2, 0) is 6.42 Å². The molecule has 0 spiro atoms. The van der Waals surface area contributed by atoms with Crippen LogP contribution in [0.15, 0.2) is 27.2 Å². The molecule has 4 rings (SSSR count). The Labute approximate surface area is 146 Å². The van der Waals surface area contributed by atoms with Gasteiger partial charge in [0, 0.05) is 16.0 Å². The minimum Gasteiger partial charge on any atom is -0.330 e. The van der Waals surface area contributed by atoms with Gasteiger partial charge in [-0.2, -0.15) is 0 Å². The third kappa shape index (κ3) is 2.63. The number of pyridine rings is 1. The molecule has 3 aromatic heterocycles. The van der Waals surface area contributed by atoms with Crippen molar-refractivity contribution in [3.05, 3.63) is 61.0 Å². The lowest BCUT2D eigenvalue weighted by molar-refractivity contribution is 0.619. The Morgan fingerprint density at radius 3 is 2.84 bits per heavy atom. The normalized spacial score (nSPS) is 14.4. The van der Waals surface area contributed by atoms with E-state index in [1.165, 1.54) is 21.9 Å². The topological polar surface area (TPSA) is 80.4 Å². The maximum Gasteiger partial charge on any atom is 0.333 e. The largest absolute Gasteiger partial charge is 0.333 e. The van der Waals surface area contributed by atoms with Crippen LogP contribution >= 0.6 is 11.3 Å². The van der Waals surface area contributed by atoms with E-state index in [1.807, 2.05) is 11.4 Å². The Kier molecular flexibility index (Phi) is 3.85. The summed E-state index contributed by atoms with van der Waals surface area (Å²) in [4.78, 5) is 27.6. The second kappa shape index (κ2) is 5.93. The van der Waals surface area contributed by atoms with Crippen LogP contribution in [0.1, 0.15) is 35.4 Å². The highest BCUT2D eigenvalue weighted by atomic mass is 32.1. The highest BCUT2D eigenvalue weighted by Gasteiger charge is 2.31. The summed E-state index contributed by atoms with van der Waals surface area (Å²) in [5.41, 5.74) is 7.92. The molecule has 1 fully saturated rings. The van der Waals surface area contributed by atoms with Crippen molar-refractivity contribution in [1.29, 1.82) is 0 Å². The van der Waals surface area contributed by atoms with Gasteiger partial charge in [0.25, 0.3) is 5.56 Å². The smallest absolute Gasteiger partial charge is 0.330 e. The number of halogens is 1. The van der Waals surface area contributed by atoms with Crippen LogP contribution in [0.25, 0.3) is 16.0 Å². The molecule has 7 heteroatoms. The Bertz CT molecular complexity index is 1090. The van der Waals surface area contributed by atoms with Crippen LogP contribution in [0.4, 0.5) is 4.39 Å². The summed E-state index contributed by atoms with van der Waals surface area (Å²) in [7, 11) is 0. The maximum atomic E-state index is 14.8. The van der Waals surface area contributed by atoms with Gasteiger partial charge in [0.1, 0.15) is 5.82 Å². The van der Waals surface area contributed by atoms with Gasteiger partial charge in [-0.05, 0) is 61.2 Å². The molecule has 3 heterocycles. The van der Waals surface area contributed by atoms with Gasteiger partial charge in [0.15, 0.2) is 0 Å². The molecule has 3 aromatic rings. The molecule has 0 aliphatic heterocycles. The first kappa shape index (κ1) is 16.2. The van der Waals surface area contributed by atoms with E-state index in [-0.39, 0.29) is 11.5 Å². The number of aromatic nitrogens is 2. The van der Waals surface area contributed by atoms with Crippen LogP contribution in [0, 0.1) is 12.7 Å². The van der Waals surface area contributed by atoms with Crippen molar-refractivity contribution < 1.29 is 4.39 Å². The quantitative estimate of drug-likeness (QED) is 0.751. The Balaban J connectivity index is 2.04. The molecular formula is C18H18FN3O2S. The number of nitrogens with zero attached hydrogens (tertiary/aromatic N) is 1. The van der Waals surface area contributed by atoms with E-state index in [2.05, 4.69) is 4.98 Å². The number of aryl methyl sites for hydroxylation is 1. The lowest BCUT2D eigenvalue weighted by Crippen LogP contribution is -2.29. The zero-order valence-electron chi connectivity index (χ0n) is 13.8. The second-order valence-electron chi connectivity index (χ2n) is 6.50. The van der Waals surface area contributed by atoms with Crippen molar-refractivity contribution in [2.45, 2.75) is 32.1 Å². The molecule has 5 nitrogen and oxygen atoms in total. The lowest BCUT2D eigenvalue weighted by atomic mass is 10.0. The Hall–Kier alpha value is -2.25. The predicted octanol–water partition coefficient (Wildman–Crippen LogP) is 2.54. The first-order valence-electron chi connectivity index (χ1n) is 8.26. The number of aromatic amines is 1. The maximum absolute atomic E-state index is 14.8. The summed E-state index contributed by atoms with van der Waals surface area (Å²) in [6.45, 7) is 2.31. The highest BCUT2D eigenvalue weighted by molar-refractivity contribution is 7.13. The van der Waals surface area contributed by atoms with Crippen molar-refractivity contribution in [1.82, 2.24) is 9.38 Å². The number of rotatable bonds is 4. The van der Waals surface area contributed by atoms with Gasteiger partial charge in [0.05, 0.1) is 11.7 Å². The summed E-state index contributed by atoms with van der Waals surface area (Å²) in [6.07, 6.45) is 3.76. The molecule has 130 valence electrons. The molecule has 0 unspecified atom stereocenters. The van der Waals surface area contributed by atoms with Crippen molar-refractivity contribution >= 4 is 16.9 Å². The molecule has 0 radical (unpaired) electrons. The summed E-state index contributed by atoms with van der Waals surface area (Å²) >= 11 is 1.45. The Morgan fingerprint density at radius 1 is 1.40 bits per heavy atom. The SMILES string of the molecule is Cc1c(-c2cc(CCN)cs2)c(F)cn2c(=O)[nH]c(=O)c(C3CC3)c12. The van der Waals surface area contributed by atoms with E-state index in [0.717, 1.165) is 29.7 Å². The average molecular weight is 359 g/mol. The Morgan fingerprint density at radius 2 is 2.16 bits per heavy atom. The van der Waals surface area contributed by atoms with Crippen LogP contribution in [0.3, 0.4) is 0 Å². The summed E-state index contributed by atoms with van der Waals surface area (Å²) in [6, 6.07) is 1.93. The van der Waals surface area contributed by atoms with Crippen LogP contribution < -0.4 is 17.0 Å². The fourth-order valence-corrected chi connectivity index (χ4v) is 4.45. The van der Waals surface area contributed by atoms with Crippen LogP contribution in [0.5, 0.6) is 0 Å². The van der Waals surface area contributed by atoms with Crippen molar-refractivity contribution in [3.8, 4) is 10.4 Å². The third-order valence-corrected chi connectivity index (χ3v) is 5.71. The first-order valence-corrected chi connectivity index (χ1v) is 9.14. The molecule has 0 atom stereocenters. The summed E-state index contributed by atoms with van der Waals surface area (Å²) < 4.78 is 16.1. The zero-order chi connectivity index (χ0) is 17.7. The fraction of sp³-hybridized carbons (Fsp3) is 0.333. The fourth-order valence-electron chi connectivity index (χ4n) is 3.40. The minimum absolute atomic E-state index is 0.146. The van der Waals surface area contributed by atoms with Gasteiger partial charge in [-0.15, -0.1) is 11.3 Å². The molecule has 0 aromatic carbocycles. The van der Waals surface area contributed by atoms with E-state index in [9.17, 15) is 14.0 Å². The van der Waals surface area contributed by atoms with E-state index in [1.54, 1.807) is 6.92 Å². The van der Waals surface area contributed by atoms with E-state index < -0.39 is 11.5 Å². The van der Waals surface area contributed by atoms with E-state index in [0.29, 0.717) is 28.8 Å². The minimum atomic E-state index is -0.604. The van der Waals surface area contributed by atoms with Gasteiger partial charge < -0.3 is 5.73 Å². The van der Waals surface area contributed by atoms with Crippen LogP contribution in [0.2, 0.25) is 0 Å². The first-order chi connectivity index (χ1) is 12.0. The van der Waals surface area contributed by atoms with Gasteiger partial charge in [-0.25, -0.2) is 9.18 Å². The number of nitrogens with one attached hydrogen (secondary N) is 1. The van der Waals surface area contributed by atoms with E-state index >= 15 is 0 Å². The standard InChI is InChI=1S/C18H18FN3O2S/c1-9-14(13-6-10(4-5-20)8-25-13)12(19)7-22-16(9)15(11-2-3-11)17(23)21-18(22)24/h6-8,11H,2-5,20H2,1H3,(H,21,23,24). The molecule has 25 heavy (non-hydrogen) atoms. The molecular weight excluding hydrogens is 341 g/mol. The third-order valence-electron chi connectivity index (χ3n) is 4.71. The van der Waals surface area contributed by atoms with Gasteiger partial charge in [-0.3, -0.25) is 14.2 Å². The number of nitrogens with two attached hydrogens (primary N) is 1. The zero-order valence-corrected chi connectivity index (χ0v) is 14.6. The molecule has 1 aliphatic rings. The monoisotopic (exact) mass is 359 g/mol. The number of hydrogen-bond donors (Lipinski definition) is 2. The second-order valence-corrected chi connectivity index (χ2v) is 7.41. The van der Waals surface area contributed by atoms with Crippen molar-refractivity contribution in [2.24, 2.45) is 5.73 Å². The summed E-state index contributed by atoms with van der Waals surface area (Å²) in [5, 5.41) is 1.97. The summed E-state index contributed by atoms with van der Waals surface area (Å²) in [5.74, 6) is -0.324. The van der Waals surface area contributed by atoms with Gasteiger partial charge >= 0.3 is 5.69 Å². The van der Waals surface area contributed by atoms with Crippen molar-refractivity contribution in [3.63, 3.8) is 0 Å². The molecule has 1 aliphatic carbocycles. The molecule has 1 saturated carbocycles. The molecule has 0 amide bonds.